The third kappa shape index (κ3) is 5.34. The summed E-state index contributed by atoms with van der Waals surface area (Å²) in [6.07, 6.45) is 1.18. The summed E-state index contributed by atoms with van der Waals surface area (Å²) < 4.78 is 49.6. The van der Waals surface area contributed by atoms with Gasteiger partial charge in [-0.1, -0.05) is 30.3 Å². The van der Waals surface area contributed by atoms with Crippen molar-refractivity contribution < 1.29 is 21.6 Å². The monoisotopic (exact) mass is 437 g/mol. The Labute approximate surface area is 171 Å². The highest BCUT2D eigenvalue weighted by molar-refractivity contribution is 7.92. The minimum absolute atomic E-state index is 0.0975. The Bertz CT molecular complexity index is 1080. The molecule has 29 heavy (non-hydrogen) atoms. The number of amides is 1. The summed E-state index contributed by atoms with van der Waals surface area (Å²) in [5.41, 5.74) is 1.22. The molecule has 1 aliphatic rings. The zero-order valence-corrected chi connectivity index (χ0v) is 17.6. The molecule has 3 rings (SSSR count). The lowest BCUT2D eigenvalue weighted by atomic mass is 10.2. The van der Waals surface area contributed by atoms with Crippen molar-refractivity contribution in [1.82, 2.24) is 4.31 Å². The Hall–Kier alpha value is -2.43. The number of hydrogen-bond acceptors (Lipinski definition) is 6. The van der Waals surface area contributed by atoms with Gasteiger partial charge in [-0.2, -0.15) is 4.31 Å². The van der Waals surface area contributed by atoms with Gasteiger partial charge in [-0.25, -0.2) is 16.8 Å². The maximum absolute atomic E-state index is 12.4. The molecule has 1 aliphatic heterocycles. The number of hydrogen-bond donors (Lipinski definition) is 1. The van der Waals surface area contributed by atoms with Gasteiger partial charge >= 0.3 is 0 Å². The number of anilines is 2. The van der Waals surface area contributed by atoms with Crippen LogP contribution in [0.2, 0.25) is 0 Å². The van der Waals surface area contributed by atoms with E-state index in [1.54, 1.807) is 30.3 Å². The van der Waals surface area contributed by atoms with Crippen LogP contribution in [0, 0.1) is 0 Å². The molecular weight excluding hydrogens is 414 g/mol. The molecule has 0 aromatic heterocycles. The van der Waals surface area contributed by atoms with Crippen molar-refractivity contribution in [2.75, 3.05) is 48.4 Å². The Balaban J connectivity index is 1.71. The smallest absolute Gasteiger partial charge is 0.240 e. The number of sulfonamides is 1. The molecule has 0 bridgehead atoms. The summed E-state index contributed by atoms with van der Waals surface area (Å²) in [5, 5.41) is 2.68. The molecule has 0 unspecified atom stereocenters. The van der Waals surface area contributed by atoms with Crippen molar-refractivity contribution in [3.05, 3.63) is 54.6 Å². The van der Waals surface area contributed by atoms with E-state index in [4.69, 9.17) is 0 Å². The second kappa shape index (κ2) is 8.52. The van der Waals surface area contributed by atoms with E-state index in [1.807, 2.05) is 17.0 Å². The molecule has 0 saturated carbocycles. The fraction of sp³-hybridized carbons (Fsp3) is 0.316. The predicted molar refractivity (Wildman–Crippen MR) is 112 cm³/mol. The summed E-state index contributed by atoms with van der Waals surface area (Å²) in [4.78, 5) is 14.5. The van der Waals surface area contributed by atoms with Crippen LogP contribution in [0.25, 0.3) is 0 Å². The molecule has 1 heterocycles. The molecule has 2 aromatic carbocycles. The van der Waals surface area contributed by atoms with Gasteiger partial charge in [-0.15, -0.1) is 0 Å². The Morgan fingerprint density at radius 2 is 1.48 bits per heavy atom. The molecule has 1 saturated heterocycles. The minimum Gasteiger partial charge on any atom is -0.367 e. The van der Waals surface area contributed by atoms with Gasteiger partial charge in [0.15, 0.2) is 9.84 Å². The molecule has 2 aromatic rings. The average Bonchev–Trinajstić information content (AvgIpc) is 2.68. The van der Waals surface area contributed by atoms with Gasteiger partial charge in [0.2, 0.25) is 15.9 Å². The van der Waals surface area contributed by atoms with Gasteiger partial charge in [0, 0.05) is 26.2 Å². The highest BCUT2D eigenvalue weighted by Crippen LogP contribution is 2.27. The van der Waals surface area contributed by atoms with Crippen molar-refractivity contribution in [2.45, 2.75) is 4.90 Å². The van der Waals surface area contributed by atoms with E-state index in [0.29, 0.717) is 31.9 Å². The van der Waals surface area contributed by atoms with E-state index in [9.17, 15) is 21.6 Å². The number of sulfone groups is 1. The Morgan fingerprint density at radius 1 is 0.897 bits per heavy atom. The summed E-state index contributed by atoms with van der Waals surface area (Å²) in [6, 6.07) is 14.9. The molecule has 1 N–H and O–H groups in total. The van der Waals surface area contributed by atoms with Crippen LogP contribution in [0.15, 0.2) is 59.5 Å². The summed E-state index contributed by atoms with van der Waals surface area (Å²) in [7, 11) is -6.98. The average molecular weight is 438 g/mol. The molecule has 0 radical (unpaired) electrons. The zero-order valence-electron chi connectivity index (χ0n) is 16.0. The summed E-state index contributed by atoms with van der Waals surface area (Å²) in [5.74, 6) is -1.29. The van der Waals surface area contributed by atoms with Crippen LogP contribution in [-0.4, -0.2) is 65.2 Å². The second-order valence-electron chi connectivity index (χ2n) is 6.79. The van der Waals surface area contributed by atoms with Crippen molar-refractivity contribution in [3.63, 3.8) is 0 Å². The number of nitrogens with zero attached hydrogens (tertiary/aromatic N) is 2. The highest BCUT2D eigenvalue weighted by atomic mass is 32.2. The normalized spacial score (nSPS) is 15.8. The third-order valence-electron chi connectivity index (χ3n) is 4.65. The first-order valence-corrected chi connectivity index (χ1v) is 12.5. The van der Waals surface area contributed by atoms with Crippen LogP contribution < -0.4 is 10.2 Å². The number of rotatable bonds is 6. The molecule has 1 fully saturated rings. The summed E-state index contributed by atoms with van der Waals surface area (Å²) >= 11 is 0. The predicted octanol–water partition coefficient (Wildman–Crippen LogP) is 1.18. The first-order valence-electron chi connectivity index (χ1n) is 9.03. The zero-order chi connectivity index (χ0) is 21.1. The lowest BCUT2D eigenvalue weighted by Crippen LogP contribution is -2.48. The lowest BCUT2D eigenvalue weighted by molar-refractivity contribution is -0.113. The van der Waals surface area contributed by atoms with E-state index >= 15 is 0 Å². The first-order chi connectivity index (χ1) is 13.7. The van der Waals surface area contributed by atoms with Gasteiger partial charge in [0.1, 0.15) is 5.75 Å². The molecule has 8 nitrogen and oxygen atoms in total. The maximum atomic E-state index is 12.4. The molecule has 0 aliphatic carbocycles. The number of para-hydroxylation sites is 2. The van der Waals surface area contributed by atoms with E-state index < -0.39 is 31.5 Å². The van der Waals surface area contributed by atoms with Crippen LogP contribution in [0.5, 0.6) is 0 Å². The number of carbonyl (C=O) groups excluding carboxylic acids is 1. The standard InChI is InChI=1S/C19H23N3O5S2/c1-28(24,25)22-13-11-21(12-14-22)18-10-6-5-9-17(18)20-19(23)15-29(26,27)16-7-3-2-4-8-16/h2-10H,11-15H2,1H3,(H,20,23). The number of piperazine rings is 1. The SMILES string of the molecule is CS(=O)(=O)N1CCN(c2ccccc2NC(=O)CS(=O)(=O)c2ccccc2)CC1. The topological polar surface area (TPSA) is 104 Å². The van der Waals surface area contributed by atoms with Gasteiger partial charge in [-0.05, 0) is 24.3 Å². The van der Waals surface area contributed by atoms with Crippen LogP contribution >= 0.6 is 0 Å². The fourth-order valence-corrected chi connectivity index (χ4v) is 5.17. The van der Waals surface area contributed by atoms with Crippen LogP contribution in [0.3, 0.4) is 0 Å². The van der Waals surface area contributed by atoms with E-state index in [0.717, 1.165) is 5.69 Å². The van der Waals surface area contributed by atoms with E-state index in [1.165, 1.54) is 22.7 Å². The molecule has 0 atom stereocenters. The number of benzene rings is 2. The van der Waals surface area contributed by atoms with Crippen molar-refractivity contribution in [1.29, 1.82) is 0 Å². The number of carbonyl (C=O) groups is 1. The van der Waals surface area contributed by atoms with Crippen molar-refractivity contribution >= 4 is 37.1 Å². The first kappa shape index (κ1) is 21.3. The van der Waals surface area contributed by atoms with Crippen molar-refractivity contribution in [3.8, 4) is 0 Å². The fourth-order valence-electron chi connectivity index (χ4n) is 3.19. The summed E-state index contributed by atoms with van der Waals surface area (Å²) in [6.45, 7) is 1.65. The molecule has 0 spiro atoms. The maximum Gasteiger partial charge on any atom is 0.240 e. The Morgan fingerprint density at radius 3 is 2.10 bits per heavy atom. The molecule has 10 heteroatoms. The quantitative estimate of drug-likeness (QED) is 0.728. The third-order valence-corrected chi connectivity index (χ3v) is 7.59. The van der Waals surface area contributed by atoms with Crippen LogP contribution in [0.1, 0.15) is 0 Å². The van der Waals surface area contributed by atoms with Crippen molar-refractivity contribution in [2.24, 2.45) is 0 Å². The van der Waals surface area contributed by atoms with E-state index in [2.05, 4.69) is 5.32 Å². The van der Waals surface area contributed by atoms with Gasteiger partial charge < -0.3 is 10.2 Å². The minimum atomic E-state index is -3.74. The molecule has 156 valence electrons. The molecular formula is C19H23N3O5S2. The largest absolute Gasteiger partial charge is 0.367 e. The van der Waals surface area contributed by atoms with E-state index in [-0.39, 0.29) is 4.90 Å². The molecule has 1 amide bonds. The highest BCUT2D eigenvalue weighted by Gasteiger charge is 2.25. The van der Waals surface area contributed by atoms with Crippen LogP contribution in [-0.2, 0) is 24.7 Å². The van der Waals surface area contributed by atoms with Gasteiger partial charge in [-0.3, -0.25) is 4.79 Å². The Kier molecular flexibility index (Phi) is 6.25. The van der Waals surface area contributed by atoms with Crippen LogP contribution in [0.4, 0.5) is 11.4 Å². The second-order valence-corrected chi connectivity index (χ2v) is 10.8. The number of nitrogens with one attached hydrogen (secondary N) is 1. The van der Waals surface area contributed by atoms with Gasteiger partial charge in [0.05, 0.1) is 22.5 Å². The van der Waals surface area contributed by atoms with Gasteiger partial charge in [0.25, 0.3) is 0 Å². The lowest BCUT2D eigenvalue weighted by Gasteiger charge is -2.35.